The molecule has 3 nitrogen and oxygen atoms in total. The molecule has 0 spiro atoms. The zero-order valence-electron chi connectivity index (χ0n) is 13.9. The quantitative estimate of drug-likeness (QED) is 0.682. The normalized spacial score (nSPS) is 23.3. The molecule has 0 aliphatic heterocycles. The summed E-state index contributed by atoms with van der Waals surface area (Å²) in [7, 11) is 1.11. The van der Waals surface area contributed by atoms with E-state index in [0.717, 1.165) is 24.1 Å². The van der Waals surface area contributed by atoms with E-state index in [4.69, 9.17) is 4.74 Å². The van der Waals surface area contributed by atoms with Gasteiger partial charge in [-0.05, 0) is 38.3 Å². The number of methoxy groups -OCH3 is 1. The number of thioether (sulfide) groups is 1. The number of hydrogen-bond donors (Lipinski definition) is 0. The number of ketones is 1. The van der Waals surface area contributed by atoms with Crippen LogP contribution in [0.15, 0.2) is 35.3 Å². The van der Waals surface area contributed by atoms with Crippen molar-refractivity contribution in [3.05, 3.63) is 46.5 Å². The van der Waals surface area contributed by atoms with Crippen LogP contribution in [-0.4, -0.2) is 23.1 Å². The van der Waals surface area contributed by atoms with Crippen molar-refractivity contribution >= 4 is 17.5 Å². The number of aromatic nitrogens is 1. The summed E-state index contributed by atoms with van der Waals surface area (Å²) < 4.78 is 43.5. The van der Waals surface area contributed by atoms with E-state index >= 15 is 0 Å². The second kappa shape index (κ2) is 6.52. The molecular formula is C18H18F3NO2S. The van der Waals surface area contributed by atoms with Crippen molar-refractivity contribution in [2.75, 3.05) is 7.11 Å². The number of alkyl halides is 3. The van der Waals surface area contributed by atoms with Crippen molar-refractivity contribution in [1.29, 1.82) is 0 Å². The van der Waals surface area contributed by atoms with E-state index in [1.54, 1.807) is 6.92 Å². The number of ether oxygens (including phenoxy) is 1. The van der Waals surface area contributed by atoms with Crippen molar-refractivity contribution in [3.8, 4) is 5.88 Å². The molecule has 1 unspecified atom stereocenters. The van der Waals surface area contributed by atoms with Crippen LogP contribution in [0.3, 0.4) is 0 Å². The van der Waals surface area contributed by atoms with Gasteiger partial charge < -0.3 is 4.74 Å². The van der Waals surface area contributed by atoms with E-state index in [-0.39, 0.29) is 11.5 Å². The molecule has 1 aromatic rings. The van der Waals surface area contributed by atoms with Gasteiger partial charge in [0.05, 0.1) is 12.5 Å². The molecule has 1 fully saturated rings. The summed E-state index contributed by atoms with van der Waals surface area (Å²) in [6.07, 6.45) is 4.14. The SMILES string of the molecule is COc1nc(C(=O)C2(C)C=CC(SC3CC3)=CC2)ccc1C(F)(F)F. The smallest absolute Gasteiger partial charge is 0.421 e. The highest BCUT2D eigenvalue weighted by molar-refractivity contribution is 8.04. The summed E-state index contributed by atoms with van der Waals surface area (Å²) in [5.74, 6) is -0.898. The molecule has 2 aliphatic rings. The molecule has 0 saturated heterocycles. The summed E-state index contributed by atoms with van der Waals surface area (Å²) in [5.41, 5.74) is -1.83. The fourth-order valence-corrected chi connectivity index (χ4v) is 3.66. The Morgan fingerprint density at radius 1 is 1.36 bits per heavy atom. The van der Waals surface area contributed by atoms with E-state index in [1.807, 2.05) is 30.0 Å². The molecule has 1 heterocycles. The van der Waals surface area contributed by atoms with E-state index < -0.39 is 23.0 Å². The van der Waals surface area contributed by atoms with Crippen LogP contribution in [0.5, 0.6) is 5.88 Å². The number of Topliss-reactive ketones (excluding diaryl/α,β-unsaturated/α-hetero) is 1. The van der Waals surface area contributed by atoms with E-state index in [0.29, 0.717) is 11.7 Å². The number of carbonyl (C=O) groups excluding carboxylic acids is 1. The standard InChI is InChI=1S/C18H18F3NO2S/c1-17(9-7-12(8-10-17)25-11-3-4-11)15(23)14-6-5-13(18(19,20)21)16(22-14)24-2/h5-9,11H,3-4,10H2,1-2H3. The van der Waals surface area contributed by atoms with Gasteiger partial charge in [0.1, 0.15) is 11.3 Å². The first kappa shape index (κ1) is 18.0. The highest BCUT2D eigenvalue weighted by Crippen LogP contribution is 2.43. The number of allylic oxidation sites excluding steroid dienone is 3. The van der Waals surface area contributed by atoms with Gasteiger partial charge in [-0.2, -0.15) is 13.2 Å². The molecule has 1 saturated carbocycles. The van der Waals surface area contributed by atoms with Gasteiger partial charge in [0.2, 0.25) is 5.88 Å². The van der Waals surface area contributed by atoms with Crippen LogP contribution in [-0.2, 0) is 6.18 Å². The minimum Gasteiger partial charge on any atom is -0.481 e. The summed E-state index contributed by atoms with van der Waals surface area (Å²) in [6, 6.07) is 1.96. The first-order valence-corrected chi connectivity index (χ1v) is 8.84. The number of pyridine rings is 1. The largest absolute Gasteiger partial charge is 0.481 e. The van der Waals surface area contributed by atoms with Crippen LogP contribution >= 0.6 is 11.8 Å². The molecule has 3 rings (SSSR count). The minimum atomic E-state index is -4.58. The summed E-state index contributed by atoms with van der Waals surface area (Å²) >= 11 is 1.81. The minimum absolute atomic E-state index is 0.0244. The average Bonchev–Trinajstić information content (AvgIpc) is 3.39. The number of carbonyl (C=O) groups is 1. The fraction of sp³-hybridized carbons (Fsp3) is 0.444. The summed E-state index contributed by atoms with van der Waals surface area (Å²) in [6.45, 7) is 1.77. The molecule has 1 atom stereocenters. The zero-order valence-corrected chi connectivity index (χ0v) is 14.7. The fourth-order valence-electron chi connectivity index (χ4n) is 2.58. The lowest BCUT2D eigenvalue weighted by atomic mass is 9.78. The Labute approximate surface area is 148 Å². The van der Waals surface area contributed by atoms with Gasteiger partial charge in [-0.1, -0.05) is 18.2 Å². The Bertz CT molecular complexity index is 753. The van der Waals surface area contributed by atoms with Gasteiger partial charge in [0.15, 0.2) is 5.78 Å². The Balaban J connectivity index is 1.81. The summed E-state index contributed by atoms with van der Waals surface area (Å²) in [4.78, 5) is 17.8. The van der Waals surface area contributed by atoms with E-state index in [9.17, 15) is 18.0 Å². The molecule has 0 amide bonds. The third-order valence-corrected chi connectivity index (χ3v) is 5.66. The Morgan fingerprint density at radius 2 is 2.08 bits per heavy atom. The second-order valence-corrected chi connectivity index (χ2v) is 7.83. The van der Waals surface area contributed by atoms with Crippen LogP contribution in [0.4, 0.5) is 13.2 Å². The van der Waals surface area contributed by atoms with Gasteiger partial charge in [-0.15, -0.1) is 11.8 Å². The van der Waals surface area contributed by atoms with Gasteiger partial charge in [0.25, 0.3) is 0 Å². The molecule has 0 bridgehead atoms. The second-order valence-electron chi connectivity index (χ2n) is 6.46. The van der Waals surface area contributed by atoms with Gasteiger partial charge >= 0.3 is 6.18 Å². The maximum Gasteiger partial charge on any atom is 0.421 e. The number of hydrogen-bond acceptors (Lipinski definition) is 4. The lowest BCUT2D eigenvalue weighted by molar-refractivity contribution is -0.139. The molecular weight excluding hydrogens is 351 g/mol. The van der Waals surface area contributed by atoms with Crippen LogP contribution < -0.4 is 4.74 Å². The van der Waals surface area contributed by atoms with Crippen molar-refractivity contribution in [3.63, 3.8) is 0 Å². The third-order valence-electron chi connectivity index (χ3n) is 4.28. The van der Waals surface area contributed by atoms with Crippen LogP contribution in [0.2, 0.25) is 0 Å². The first-order valence-electron chi connectivity index (χ1n) is 7.96. The molecule has 0 radical (unpaired) electrons. The molecule has 25 heavy (non-hydrogen) atoms. The van der Waals surface area contributed by atoms with E-state index in [2.05, 4.69) is 4.98 Å². The lowest BCUT2D eigenvalue weighted by Gasteiger charge is -2.26. The van der Waals surface area contributed by atoms with Crippen LogP contribution in [0.1, 0.15) is 42.2 Å². The van der Waals surface area contributed by atoms with Crippen LogP contribution in [0, 0.1) is 5.41 Å². The number of halogens is 3. The topological polar surface area (TPSA) is 39.2 Å². The molecule has 134 valence electrons. The first-order chi connectivity index (χ1) is 11.7. The molecule has 1 aromatic heterocycles. The Hall–Kier alpha value is -1.76. The third kappa shape index (κ3) is 3.92. The van der Waals surface area contributed by atoms with Gasteiger partial charge in [-0.3, -0.25) is 4.79 Å². The Kier molecular flexibility index (Phi) is 4.70. The zero-order chi connectivity index (χ0) is 18.2. The lowest BCUT2D eigenvalue weighted by Crippen LogP contribution is -2.27. The molecule has 2 aliphatic carbocycles. The molecule has 7 heteroatoms. The highest BCUT2D eigenvalue weighted by Gasteiger charge is 2.38. The molecule has 0 N–H and O–H groups in total. The van der Waals surface area contributed by atoms with Gasteiger partial charge in [-0.25, -0.2) is 4.98 Å². The monoisotopic (exact) mass is 369 g/mol. The maximum absolute atomic E-state index is 12.9. The van der Waals surface area contributed by atoms with Crippen molar-refractivity contribution in [2.24, 2.45) is 5.41 Å². The van der Waals surface area contributed by atoms with Crippen LogP contribution in [0.25, 0.3) is 0 Å². The van der Waals surface area contributed by atoms with E-state index in [1.165, 1.54) is 12.8 Å². The summed E-state index contributed by atoms with van der Waals surface area (Å²) in [5, 5.41) is 0.678. The maximum atomic E-state index is 12.9. The van der Waals surface area contributed by atoms with Gasteiger partial charge in [0, 0.05) is 10.2 Å². The average molecular weight is 369 g/mol. The van der Waals surface area contributed by atoms with Crippen molar-refractivity contribution < 1.29 is 22.7 Å². The van der Waals surface area contributed by atoms with Crippen molar-refractivity contribution in [2.45, 2.75) is 37.6 Å². The van der Waals surface area contributed by atoms with Crippen molar-refractivity contribution in [1.82, 2.24) is 4.98 Å². The predicted octanol–water partition coefficient (Wildman–Crippen LogP) is 5.04. The Morgan fingerprint density at radius 3 is 2.60 bits per heavy atom. The highest BCUT2D eigenvalue weighted by atomic mass is 32.2. The number of rotatable bonds is 5. The number of nitrogens with zero attached hydrogens (tertiary/aromatic N) is 1. The predicted molar refractivity (Wildman–Crippen MR) is 90.7 cm³/mol. The molecule has 0 aromatic carbocycles.